The van der Waals surface area contributed by atoms with Crippen LogP contribution in [0.25, 0.3) is 0 Å². The maximum Gasteiger partial charge on any atom is 0.234 e. The molecule has 0 aromatic heterocycles. The number of nitrogens with one attached hydrogen (secondary N) is 1. The van der Waals surface area contributed by atoms with Crippen LogP contribution in [0.5, 0.6) is 0 Å². The number of benzene rings is 1. The molecule has 1 aromatic carbocycles. The number of rotatable bonds is 6. The fourth-order valence-corrected chi connectivity index (χ4v) is 2.38. The van der Waals surface area contributed by atoms with Gasteiger partial charge in [0.1, 0.15) is 0 Å². The summed E-state index contributed by atoms with van der Waals surface area (Å²) in [6, 6.07) is 10.3. The van der Waals surface area contributed by atoms with Gasteiger partial charge in [0.25, 0.3) is 0 Å². The first-order valence-corrected chi connectivity index (χ1v) is 6.95. The van der Waals surface area contributed by atoms with Crippen LogP contribution in [0.2, 0.25) is 0 Å². The van der Waals surface area contributed by atoms with E-state index < -0.39 is 0 Å². The number of carbonyl (C=O) groups excluding carboxylic acids is 1. The largest absolute Gasteiger partial charge is 0.392 e. The average Bonchev–Trinajstić information content (AvgIpc) is 2.81. The Balaban J connectivity index is 1.57. The van der Waals surface area contributed by atoms with Crippen LogP contribution in [0, 0.1) is 0 Å². The van der Waals surface area contributed by atoms with Crippen molar-refractivity contribution in [2.45, 2.75) is 25.4 Å². The Kier molecular flexibility index (Phi) is 5.36. The molecule has 1 heterocycles. The molecule has 0 spiro atoms. The zero-order valence-corrected chi connectivity index (χ0v) is 11.2. The molecule has 4 heteroatoms. The molecule has 4 nitrogen and oxygen atoms in total. The summed E-state index contributed by atoms with van der Waals surface area (Å²) in [6.07, 6.45) is 2.47. The number of hydrogen-bond donors (Lipinski definition) is 2. The topological polar surface area (TPSA) is 52.6 Å². The van der Waals surface area contributed by atoms with Gasteiger partial charge in [0.2, 0.25) is 5.91 Å². The van der Waals surface area contributed by atoms with E-state index in [0.717, 1.165) is 25.8 Å². The summed E-state index contributed by atoms with van der Waals surface area (Å²) < 4.78 is 0. The molecule has 0 aliphatic carbocycles. The smallest absolute Gasteiger partial charge is 0.234 e. The Hall–Kier alpha value is -1.39. The third-order valence-electron chi connectivity index (χ3n) is 3.42. The normalized spacial score (nSPS) is 19.5. The molecule has 1 fully saturated rings. The molecule has 2 rings (SSSR count). The second-order valence-electron chi connectivity index (χ2n) is 5.12. The summed E-state index contributed by atoms with van der Waals surface area (Å²) in [5.74, 6) is 0.0576. The van der Waals surface area contributed by atoms with Gasteiger partial charge in [-0.05, 0) is 24.8 Å². The molecular formula is C15H22N2O2. The molecule has 1 atom stereocenters. The summed E-state index contributed by atoms with van der Waals surface area (Å²) in [5.41, 5.74) is 1.31. The highest BCUT2D eigenvalue weighted by molar-refractivity contribution is 5.78. The molecule has 0 radical (unpaired) electrons. The number of β-amino-alcohol motifs (C(OH)–C–C–N with tert-alkyl or cyclic N) is 1. The van der Waals surface area contributed by atoms with Crippen LogP contribution in [0.3, 0.4) is 0 Å². The van der Waals surface area contributed by atoms with E-state index in [0.29, 0.717) is 19.6 Å². The van der Waals surface area contributed by atoms with Crippen LogP contribution in [0.4, 0.5) is 0 Å². The monoisotopic (exact) mass is 262 g/mol. The quantitative estimate of drug-likeness (QED) is 0.746. The molecule has 2 N–H and O–H groups in total. The minimum absolute atomic E-state index is 0.0576. The van der Waals surface area contributed by atoms with E-state index in [1.165, 1.54) is 5.56 Å². The van der Waals surface area contributed by atoms with Crippen molar-refractivity contribution in [3.05, 3.63) is 35.9 Å². The summed E-state index contributed by atoms with van der Waals surface area (Å²) in [6.45, 7) is 2.56. The number of aliphatic hydroxyl groups is 1. The average molecular weight is 262 g/mol. The van der Waals surface area contributed by atoms with Crippen LogP contribution in [0.15, 0.2) is 30.3 Å². The molecule has 104 valence electrons. The standard InChI is InChI=1S/C15H22N2O2/c18-14-8-10-17(11-14)12-15(19)16-9-4-7-13-5-2-1-3-6-13/h1-3,5-6,14,18H,4,7-12H2,(H,16,19)/t14-/m1/s1. The van der Waals surface area contributed by atoms with E-state index >= 15 is 0 Å². The minimum atomic E-state index is -0.258. The molecule has 1 aliphatic heterocycles. The van der Waals surface area contributed by atoms with Gasteiger partial charge < -0.3 is 10.4 Å². The van der Waals surface area contributed by atoms with E-state index in [2.05, 4.69) is 17.4 Å². The van der Waals surface area contributed by atoms with Crippen molar-refractivity contribution in [2.24, 2.45) is 0 Å². The first-order chi connectivity index (χ1) is 9.24. The summed E-state index contributed by atoms with van der Waals surface area (Å²) >= 11 is 0. The third kappa shape index (κ3) is 5.01. The fraction of sp³-hybridized carbons (Fsp3) is 0.533. The lowest BCUT2D eigenvalue weighted by atomic mass is 10.1. The minimum Gasteiger partial charge on any atom is -0.392 e. The Morgan fingerprint density at radius 1 is 1.37 bits per heavy atom. The Morgan fingerprint density at radius 2 is 2.16 bits per heavy atom. The van der Waals surface area contributed by atoms with Gasteiger partial charge >= 0.3 is 0 Å². The summed E-state index contributed by atoms with van der Waals surface area (Å²) in [5, 5.41) is 12.3. The van der Waals surface area contributed by atoms with Crippen molar-refractivity contribution in [1.29, 1.82) is 0 Å². The van der Waals surface area contributed by atoms with E-state index in [1.54, 1.807) is 0 Å². The molecule has 0 saturated carbocycles. The first-order valence-electron chi connectivity index (χ1n) is 6.95. The van der Waals surface area contributed by atoms with Gasteiger partial charge in [0.05, 0.1) is 12.6 Å². The summed E-state index contributed by atoms with van der Waals surface area (Å²) in [4.78, 5) is 13.7. The zero-order chi connectivity index (χ0) is 13.5. The van der Waals surface area contributed by atoms with Crippen molar-refractivity contribution >= 4 is 5.91 Å². The Morgan fingerprint density at radius 3 is 2.84 bits per heavy atom. The molecule has 19 heavy (non-hydrogen) atoms. The van der Waals surface area contributed by atoms with Gasteiger partial charge in [0.15, 0.2) is 0 Å². The van der Waals surface area contributed by atoms with Crippen LogP contribution in [-0.2, 0) is 11.2 Å². The highest BCUT2D eigenvalue weighted by Gasteiger charge is 2.21. The second-order valence-corrected chi connectivity index (χ2v) is 5.12. The zero-order valence-electron chi connectivity index (χ0n) is 11.2. The van der Waals surface area contributed by atoms with E-state index in [-0.39, 0.29) is 12.0 Å². The molecule has 1 aromatic rings. The summed E-state index contributed by atoms with van der Waals surface area (Å²) in [7, 11) is 0. The van der Waals surface area contributed by atoms with E-state index in [4.69, 9.17) is 0 Å². The highest BCUT2D eigenvalue weighted by atomic mass is 16.3. The molecule has 1 aliphatic rings. The third-order valence-corrected chi connectivity index (χ3v) is 3.42. The van der Waals surface area contributed by atoms with Gasteiger partial charge in [0, 0.05) is 19.6 Å². The highest BCUT2D eigenvalue weighted by Crippen LogP contribution is 2.07. The number of aliphatic hydroxyl groups excluding tert-OH is 1. The lowest BCUT2D eigenvalue weighted by molar-refractivity contribution is -0.122. The number of carbonyl (C=O) groups is 1. The maximum absolute atomic E-state index is 11.7. The maximum atomic E-state index is 11.7. The van der Waals surface area contributed by atoms with Gasteiger partial charge in [-0.3, -0.25) is 9.69 Å². The van der Waals surface area contributed by atoms with Crippen LogP contribution < -0.4 is 5.32 Å². The van der Waals surface area contributed by atoms with Gasteiger partial charge in [-0.1, -0.05) is 30.3 Å². The van der Waals surface area contributed by atoms with E-state index in [9.17, 15) is 9.90 Å². The Labute approximate surface area is 114 Å². The van der Waals surface area contributed by atoms with Crippen molar-refractivity contribution in [3.63, 3.8) is 0 Å². The lowest BCUT2D eigenvalue weighted by Gasteiger charge is -2.14. The van der Waals surface area contributed by atoms with Crippen LogP contribution in [-0.4, -0.2) is 48.2 Å². The molecule has 1 saturated heterocycles. The van der Waals surface area contributed by atoms with Crippen LogP contribution >= 0.6 is 0 Å². The van der Waals surface area contributed by atoms with Crippen molar-refractivity contribution < 1.29 is 9.90 Å². The van der Waals surface area contributed by atoms with Crippen molar-refractivity contribution in [1.82, 2.24) is 10.2 Å². The molecular weight excluding hydrogens is 240 g/mol. The molecule has 0 bridgehead atoms. The van der Waals surface area contributed by atoms with Crippen molar-refractivity contribution in [3.8, 4) is 0 Å². The number of likely N-dealkylation sites (tertiary alicyclic amines) is 1. The lowest BCUT2D eigenvalue weighted by Crippen LogP contribution is -2.36. The van der Waals surface area contributed by atoms with Crippen LogP contribution in [0.1, 0.15) is 18.4 Å². The number of nitrogens with zero attached hydrogens (tertiary/aromatic N) is 1. The van der Waals surface area contributed by atoms with Gasteiger partial charge in [-0.2, -0.15) is 0 Å². The fourth-order valence-electron chi connectivity index (χ4n) is 2.38. The number of hydrogen-bond acceptors (Lipinski definition) is 3. The van der Waals surface area contributed by atoms with Crippen molar-refractivity contribution in [2.75, 3.05) is 26.2 Å². The SMILES string of the molecule is O=C(CN1CC[C@@H](O)C1)NCCCc1ccccc1. The van der Waals surface area contributed by atoms with E-state index in [1.807, 2.05) is 23.1 Å². The number of aryl methyl sites for hydroxylation is 1. The molecule has 0 unspecified atom stereocenters. The van der Waals surface area contributed by atoms with Gasteiger partial charge in [-0.15, -0.1) is 0 Å². The Bertz CT molecular complexity index is 394. The predicted octanol–water partition coefficient (Wildman–Crippen LogP) is 0.802. The van der Waals surface area contributed by atoms with Gasteiger partial charge in [-0.25, -0.2) is 0 Å². The first kappa shape index (κ1) is 14.0. The predicted molar refractivity (Wildman–Crippen MR) is 74.8 cm³/mol. The molecule has 1 amide bonds. The second kappa shape index (κ2) is 7.26. The number of amides is 1.